The first-order valence-electron chi connectivity index (χ1n) is 8.13. The Balaban J connectivity index is 1.78. The van der Waals surface area contributed by atoms with Crippen molar-refractivity contribution in [2.24, 2.45) is 17.6 Å². The number of nitrogens with zero attached hydrogens (tertiary/aromatic N) is 2. The van der Waals surface area contributed by atoms with Crippen molar-refractivity contribution in [3.63, 3.8) is 0 Å². The molecule has 2 rings (SSSR count). The van der Waals surface area contributed by atoms with Crippen molar-refractivity contribution in [2.45, 2.75) is 26.2 Å². The number of piperazine rings is 1. The summed E-state index contributed by atoms with van der Waals surface area (Å²) in [6.07, 6.45) is 3.19. The van der Waals surface area contributed by atoms with Crippen LogP contribution in [0, 0.1) is 11.8 Å². The van der Waals surface area contributed by atoms with E-state index in [1.807, 2.05) is 11.8 Å². The molecule has 3 N–H and O–H groups in total. The number of likely N-dealkylation sites (N-methyl/N-ethyl adjacent to an activating group) is 1. The lowest BCUT2D eigenvalue weighted by atomic mass is 9.94. The summed E-state index contributed by atoms with van der Waals surface area (Å²) in [6.45, 7) is 6.66. The van der Waals surface area contributed by atoms with Crippen molar-refractivity contribution in [1.82, 2.24) is 15.1 Å². The average Bonchev–Trinajstić information content (AvgIpc) is 2.96. The fraction of sp³-hybridized carbons (Fsp3) is 0.867. The molecule has 120 valence electrons. The fourth-order valence-corrected chi connectivity index (χ4v) is 3.46. The van der Waals surface area contributed by atoms with Gasteiger partial charge in [0.05, 0.1) is 6.54 Å². The van der Waals surface area contributed by atoms with Gasteiger partial charge in [0.15, 0.2) is 0 Å². The second-order valence-corrected chi connectivity index (χ2v) is 6.09. The highest BCUT2D eigenvalue weighted by Crippen LogP contribution is 2.32. The smallest absolute Gasteiger partial charge is 0.234 e. The van der Waals surface area contributed by atoms with Gasteiger partial charge in [-0.05, 0) is 32.2 Å². The van der Waals surface area contributed by atoms with Crippen molar-refractivity contribution in [1.29, 1.82) is 0 Å². The van der Waals surface area contributed by atoms with Gasteiger partial charge in [-0.15, -0.1) is 0 Å². The van der Waals surface area contributed by atoms with Crippen LogP contribution in [0.1, 0.15) is 26.2 Å². The fourth-order valence-electron chi connectivity index (χ4n) is 3.46. The van der Waals surface area contributed by atoms with E-state index >= 15 is 0 Å². The summed E-state index contributed by atoms with van der Waals surface area (Å²) < 4.78 is 0. The van der Waals surface area contributed by atoms with Crippen LogP contribution >= 0.6 is 0 Å². The predicted octanol–water partition coefficient (Wildman–Crippen LogP) is -0.358. The van der Waals surface area contributed by atoms with Crippen LogP contribution in [-0.4, -0.2) is 67.4 Å². The van der Waals surface area contributed by atoms with Gasteiger partial charge >= 0.3 is 0 Å². The van der Waals surface area contributed by atoms with Gasteiger partial charge in [0.2, 0.25) is 11.8 Å². The molecule has 21 heavy (non-hydrogen) atoms. The minimum Gasteiger partial charge on any atom is -0.355 e. The molecule has 1 aliphatic heterocycles. The van der Waals surface area contributed by atoms with Crippen molar-refractivity contribution < 1.29 is 9.59 Å². The van der Waals surface area contributed by atoms with Crippen LogP contribution in [0.2, 0.25) is 0 Å². The second-order valence-electron chi connectivity index (χ2n) is 6.09. The maximum absolute atomic E-state index is 12.6. The molecule has 2 fully saturated rings. The molecule has 0 aromatic heterocycles. The lowest BCUT2D eigenvalue weighted by molar-refractivity contribution is -0.138. The van der Waals surface area contributed by atoms with E-state index in [0.717, 1.165) is 45.4 Å². The van der Waals surface area contributed by atoms with E-state index in [9.17, 15) is 9.59 Å². The summed E-state index contributed by atoms with van der Waals surface area (Å²) >= 11 is 0. The third-order valence-corrected chi connectivity index (χ3v) is 4.70. The quantitative estimate of drug-likeness (QED) is 0.726. The number of carbonyl (C=O) groups excluding carboxylic acids is 2. The standard InChI is InChI=1S/C15H28N4O2/c1-2-17-14(20)11-18-6-8-19(9-7-18)15(21)13-5-3-4-12(13)10-16/h12-13H,2-11,16H2,1H3,(H,17,20). The minimum absolute atomic E-state index is 0.0660. The predicted molar refractivity (Wildman–Crippen MR) is 81.6 cm³/mol. The molecule has 0 radical (unpaired) electrons. The lowest BCUT2D eigenvalue weighted by Gasteiger charge is -2.36. The molecule has 1 heterocycles. The zero-order valence-corrected chi connectivity index (χ0v) is 13.0. The number of nitrogens with one attached hydrogen (secondary N) is 1. The SMILES string of the molecule is CCNC(=O)CN1CCN(C(=O)C2CCCC2CN)CC1. The van der Waals surface area contributed by atoms with E-state index < -0.39 is 0 Å². The molecule has 0 aromatic carbocycles. The molecule has 0 spiro atoms. The molecule has 6 heteroatoms. The number of nitrogens with two attached hydrogens (primary N) is 1. The Labute approximate surface area is 127 Å². The Morgan fingerprint density at radius 1 is 1.19 bits per heavy atom. The average molecular weight is 296 g/mol. The Hall–Kier alpha value is -1.14. The van der Waals surface area contributed by atoms with Crippen LogP contribution in [0.15, 0.2) is 0 Å². The summed E-state index contributed by atoms with van der Waals surface area (Å²) in [7, 11) is 0. The number of amides is 2. The third-order valence-electron chi connectivity index (χ3n) is 4.70. The number of carbonyl (C=O) groups is 2. The van der Waals surface area contributed by atoms with E-state index in [1.165, 1.54) is 0 Å². The Kier molecular flexibility index (Phi) is 5.99. The molecule has 1 saturated heterocycles. The molecule has 1 aliphatic carbocycles. The Bertz CT molecular complexity index is 367. The van der Waals surface area contributed by atoms with Crippen LogP contribution in [0.3, 0.4) is 0 Å². The van der Waals surface area contributed by atoms with Crippen LogP contribution < -0.4 is 11.1 Å². The first-order valence-corrected chi connectivity index (χ1v) is 8.13. The number of hydrogen-bond acceptors (Lipinski definition) is 4. The van der Waals surface area contributed by atoms with Crippen LogP contribution in [0.25, 0.3) is 0 Å². The molecular formula is C15H28N4O2. The van der Waals surface area contributed by atoms with Gasteiger partial charge in [-0.3, -0.25) is 14.5 Å². The first-order chi connectivity index (χ1) is 10.2. The van der Waals surface area contributed by atoms with Crippen molar-refractivity contribution >= 4 is 11.8 Å². The second kappa shape index (κ2) is 7.75. The molecule has 2 amide bonds. The molecule has 2 atom stereocenters. The maximum Gasteiger partial charge on any atom is 0.234 e. The molecular weight excluding hydrogens is 268 g/mol. The van der Waals surface area contributed by atoms with Gasteiger partial charge in [-0.1, -0.05) is 6.42 Å². The van der Waals surface area contributed by atoms with Gasteiger partial charge in [0.25, 0.3) is 0 Å². The topological polar surface area (TPSA) is 78.7 Å². The van der Waals surface area contributed by atoms with Gasteiger partial charge < -0.3 is 16.0 Å². The van der Waals surface area contributed by atoms with Crippen LogP contribution in [0.4, 0.5) is 0 Å². The zero-order valence-electron chi connectivity index (χ0n) is 13.0. The van der Waals surface area contributed by atoms with Gasteiger partial charge in [0, 0.05) is 38.6 Å². The minimum atomic E-state index is 0.0660. The summed E-state index contributed by atoms with van der Waals surface area (Å²) in [5.41, 5.74) is 5.77. The third kappa shape index (κ3) is 4.17. The summed E-state index contributed by atoms with van der Waals surface area (Å²) in [5.74, 6) is 0.840. The van der Waals surface area contributed by atoms with Crippen LogP contribution in [-0.2, 0) is 9.59 Å². The van der Waals surface area contributed by atoms with Crippen molar-refractivity contribution in [2.75, 3.05) is 45.8 Å². The molecule has 2 aliphatic rings. The monoisotopic (exact) mass is 296 g/mol. The van der Waals surface area contributed by atoms with Gasteiger partial charge in [-0.2, -0.15) is 0 Å². The highest BCUT2D eigenvalue weighted by molar-refractivity contribution is 5.80. The van der Waals surface area contributed by atoms with Gasteiger partial charge in [-0.25, -0.2) is 0 Å². The Morgan fingerprint density at radius 3 is 2.52 bits per heavy atom. The summed E-state index contributed by atoms with van der Waals surface area (Å²) in [5, 5.41) is 2.81. The first kappa shape index (κ1) is 16.2. The summed E-state index contributed by atoms with van der Waals surface area (Å²) in [6, 6.07) is 0. The lowest BCUT2D eigenvalue weighted by Crippen LogP contribution is -2.52. The largest absolute Gasteiger partial charge is 0.355 e. The molecule has 2 unspecified atom stereocenters. The molecule has 0 bridgehead atoms. The van der Waals surface area contributed by atoms with E-state index in [0.29, 0.717) is 25.6 Å². The Morgan fingerprint density at radius 2 is 1.90 bits per heavy atom. The molecule has 1 saturated carbocycles. The number of rotatable bonds is 5. The highest BCUT2D eigenvalue weighted by Gasteiger charge is 2.35. The van der Waals surface area contributed by atoms with Crippen molar-refractivity contribution in [3.05, 3.63) is 0 Å². The van der Waals surface area contributed by atoms with E-state index in [4.69, 9.17) is 5.73 Å². The molecule has 6 nitrogen and oxygen atoms in total. The zero-order chi connectivity index (χ0) is 15.2. The highest BCUT2D eigenvalue weighted by atomic mass is 16.2. The van der Waals surface area contributed by atoms with E-state index in [2.05, 4.69) is 10.2 Å². The van der Waals surface area contributed by atoms with Crippen LogP contribution in [0.5, 0.6) is 0 Å². The van der Waals surface area contributed by atoms with E-state index in [-0.39, 0.29) is 17.7 Å². The molecule has 0 aromatic rings. The van der Waals surface area contributed by atoms with E-state index in [1.54, 1.807) is 0 Å². The summed E-state index contributed by atoms with van der Waals surface area (Å²) in [4.78, 5) is 28.2. The van der Waals surface area contributed by atoms with Gasteiger partial charge in [0.1, 0.15) is 0 Å². The number of hydrogen-bond donors (Lipinski definition) is 2. The van der Waals surface area contributed by atoms with Crippen molar-refractivity contribution in [3.8, 4) is 0 Å². The normalized spacial score (nSPS) is 26.9. The maximum atomic E-state index is 12.6.